The SMILES string of the molecule is CCCSc1ccccc1N1CCN(CC(O)COc2ccccc2)CC1. The predicted octanol–water partition coefficient (Wildman–Crippen LogP) is 3.75. The molecule has 1 heterocycles. The molecule has 1 atom stereocenters. The monoisotopic (exact) mass is 386 g/mol. The molecule has 1 saturated heterocycles. The normalized spacial score (nSPS) is 16.3. The van der Waals surface area contributed by atoms with Gasteiger partial charge in [-0.3, -0.25) is 4.90 Å². The Morgan fingerprint density at radius 3 is 2.44 bits per heavy atom. The molecule has 2 aromatic carbocycles. The van der Waals surface area contributed by atoms with Gasteiger partial charge in [0.15, 0.2) is 0 Å². The van der Waals surface area contributed by atoms with E-state index in [0.29, 0.717) is 13.2 Å². The summed E-state index contributed by atoms with van der Waals surface area (Å²) in [6, 6.07) is 18.4. The number of para-hydroxylation sites is 2. The summed E-state index contributed by atoms with van der Waals surface area (Å²) >= 11 is 1.94. The highest BCUT2D eigenvalue weighted by Crippen LogP contribution is 2.31. The number of hydrogen-bond donors (Lipinski definition) is 1. The highest BCUT2D eigenvalue weighted by molar-refractivity contribution is 7.99. The number of rotatable bonds is 9. The molecule has 1 aliphatic rings. The van der Waals surface area contributed by atoms with E-state index in [1.807, 2.05) is 42.1 Å². The average Bonchev–Trinajstić information content (AvgIpc) is 2.72. The molecule has 0 spiro atoms. The van der Waals surface area contributed by atoms with Gasteiger partial charge in [-0.15, -0.1) is 11.8 Å². The van der Waals surface area contributed by atoms with Gasteiger partial charge in [0.25, 0.3) is 0 Å². The van der Waals surface area contributed by atoms with Crippen LogP contribution in [-0.4, -0.2) is 61.2 Å². The molecule has 2 aromatic rings. The van der Waals surface area contributed by atoms with E-state index in [9.17, 15) is 5.11 Å². The van der Waals surface area contributed by atoms with E-state index in [0.717, 1.165) is 37.7 Å². The van der Waals surface area contributed by atoms with Crippen LogP contribution in [0.2, 0.25) is 0 Å². The van der Waals surface area contributed by atoms with Gasteiger partial charge in [-0.2, -0.15) is 0 Å². The van der Waals surface area contributed by atoms with Crippen LogP contribution in [0, 0.1) is 0 Å². The van der Waals surface area contributed by atoms with E-state index in [2.05, 4.69) is 41.0 Å². The molecule has 1 N–H and O–H groups in total. The number of aliphatic hydroxyl groups excluding tert-OH is 1. The van der Waals surface area contributed by atoms with Crippen molar-refractivity contribution in [1.82, 2.24) is 4.90 Å². The second-order valence-corrected chi connectivity index (χ2v) is 8.02. The Kier molecular flexibility index (Phi) is 7.87. The third-order valence-corrected chi connectivity index (χ3v) is 5.96. The van der Waals surface area contributed by atoms with E-state index in [1.165, 1.54) is 17.0 Å². The van der Waals surface area contributed by atoms with E-state index < -0.39 is 6.10 Å². The standard InChI is InChI=1S/C22H30N2O2S/c1-2-16-27-22-11-7-6-10-21(22)24-14-12-23(13-15-24)17-19(25)18-26-20-8-4-3-5-9-20/h3-11,19,25H,2,12-18H2,1H3. The Bertz CT molecular complexity index is 675. The maximum absolute atomic E-state index is 10.3. The molecule has 146 valence electrons. The highest BCUT2D eigenvalue weighted by Gasteiger charge is 2.21. The Labute approximate surface area is 167 Å². The third kappa shape index (κ3) is 6.16. The van der Waals surface area contributed by atoms with Gasteiger partial charge in [-0.1, -0.05) is 37.3 Å². The number of anilines is 1. The minimum absolute atomic E-state index is 0.334. The van der Waals surface area contributed by atoms with Gasteiger partial charge in [-0.25, -0.2) is 0 Å². The van der Waals surface area contributed by atoms with Crippen LogP contribution < -0.4 is 9.64 Å². The summed E-state index contributed by atoms with van der Waals surface area (Å²) < 4.78 is 5.66. The van der Waals surface area contributed by atoms with Crippen LogP contribution in [0.4, 0.5) is 5.69 Å². The summed E-state index contributed by atoms with van der Waals surface area (Å²) in [5.41, 5.74) is 1.35. The maximum Gasteiger partial charge on any atom is 0.119 e. The van der Waals surface area contributed by atoms with Crippen molar-refractivity contribution in [2.75, 3.05) is 50.0 Å². The molecule has 0 radical (unpaired) electrons. The van der Waals surface area contributed by atoms with Crippen LogP contribution >= 0.6 is 11.8 Å². The lowest BCUT2D eigenvalue weighted by Crippen LogP contribution is -2.49. The molecule has 0 amide bonds. The maximum atomic E-state index is 10.3. The lowest BCUT2D eigenvalue weighted by molar-refractivity contribution is 0.0663. The summed E-state index contributed by atoms with van der Waals surface area (Å²) in [4.78, 5) is 6.18. The molecular formula is C22H30N2O2S. The summed E-state index contributed by atoms with van der Waals surface area (Å²) in [6.45, 7) is 7.14. The molecule has 3 rings (SSSR count). The smallest absolute Gasteiger partial charge is 0.119 e. The molecule has 5 heteroatoms. The molecule has 4 nitrogen and oxygen atoms in total. The Balaban J connectivity index is 1.45. The fourth-order valence-corrected chi connectivity index (χ4v) is 4.23. The van der Waals surface area contributed by atoms with E-state index in [1.54, 1.807) is 0 Å². The molecule has 0 aliphatic carbocycles. The zero-order valence-corrected chi connectivity index (χ0v) is 16.9. The molecule has 1 fully saturated rings. The van der Waals surface area contributed by atoms with Crippen molar-refractivity contribution in [1.29, 1.82) is 0 Å². The summed E-state index contributed by atoms with van der Waals surface area (Å²) in [5, 5.41) is 10.3. The van der Waals surface area contributed by atoms with Crippen molar-refractivity contribution in [2.24, 2.45) is 0 Å². The number of aliphatic hydroxyl groups is 1. The van der Waals surface area contributed by atoms with Gasteiger partial charge in [0.2, 0.25) is 0 Å². The van der Waals surface area contributed by atoms with Crippen LogP contribution in [0.3, 0.4) is 0 Å². The van der Waals surface area contributed by atoms with Crippen molar-refractivity contribution in [3.63, 3.8) is 0 Å². The zero-order valence-electron chi connectivity index (χ0n) is 16.1. The number of hydrogen-bond acceptors (Lipinski definition) is 5. The number of thioether (sulfide) groups is 1. The van der Waals surface area contributed by atoms with Gasteiger partial charge in [0.05, 0.1) is 5.69 Å². The highest BCUT2D eigenvalue weighted by atomic mass is 32.2. The largest absolute Gasteiger partial charge is 0.491 e. The number of benzene rings is 2. The van der Waals surface area contributed by atoms with E-state index in [4.69, 9.17) is 4.74 Å². The quantitative estimate of drug-likeness (QED) is 0.664. The first kappa shape index (κ1) is 20.1. The Morgan fingerprint density at radius 2 is 1.70 bits per heavy atom. The number of ether oxygens (including phenoxy) is 1. The summed E-state index contributed by atoms with van der Waals surface area (Å²) in [7, 11) is 0. The van der Waals surface area contributed by atoms with Crippen molar-refractivity contribution >= 4 is 17.4 Å². The molecule has 0 aromatic heterocycles. The van der Waals surface area contributed by atoms with Gasteiger partial charge in [-0.05, 0) is 36.4 Å². The van der Waals surface area contributed by atoms with Crippen LogP contribution in [0.5, 0.6) is 5.75 Å². The predicted molar refractivity (Wildman–Crippen MR) is 114 cm³/mol. The van der Waals surface area contributed by atoms with Crippen LogP contribution in [-0.2, 0) is 0 Å². The van der Waals surface area contributed by atoms with Crippen molar-refractivity contribution < 1.29 is 9.84 Å². The van der Waals surface area contributed by atoms with E-state index >= 15 is 0 Å². The minimum atomic E-state index is -0.468. The molecule has 1 unspecified atom stereocenters. The number of piperazine rings is 1. The fraction of sp³-hybridized carbons (Fsp3) is 0.455. The average molecular weight is 387 g/mol. The lowest BCUT2D eigenvalue weighted by atomic mass is 10.2. The Morgan fingerprint density at radius 1 is 1.00 bits per heavy atom. The molecular weight excluding hydrogens is 356 g/mol. The first-order valence-corrected chi connectivity index (χ1v) is 10.8. The number of nitrogens with zero attached hydrogens (tertiary/aromatic N) is 2. The molecule has 1 aliphatic heterocycles. The summed E-state index contributed by atoms with van der Waals surface area (Å²) in [6.07, 6.45) is 0.722. The van der Waals surface area contributed by atoms with Crippen molar-refractivity contribution in [3.05, 3.63) is 54.6 Å². The summed E-state index contributed by atoms with van der Waals surface area (Å²) in [5.74, 6) is 1.97. The van der Waals surface area contributed by atoms with Gasteiger partial charge in [0, 0.05) is 37.6 Å². The second kappa shape index (κ2) is 10.6. The van der Waals surface area contributed by atoms with Gasteiger partial charge >= 0.3 is 0 Å². The second-order valence-electron chi connectivity index (χ2n) is 6.88. The van der Waals surface area contributed by atoms with Crippen LogP contribution in [0.15, 0.2) is 59.5 Å². The van der Waals surface area contributed by atoms with Gasteiger partial charge in [0.1, 0.15) is 18.5 Å². The molecule has 0 saturated carbocycles. The molecule has 27 heavy (non-hydrogen) atoms. The first-order chi connectivity index (χ1) is 13.3. The molecule has 0 bridgehead atoms. The first-order valence-electron chi connectivity index (χ1n) is 9.81. The minimum Gasteiger partial charge on any atom is -0.491 e. The number of β-amino-alcohol motifs (C(OH)–C–C–N with tert-alkyl or cyclic N) is 1. The zero-order chi connectivity index (χ0) is 18.9. The Hall–Kier alpha value is -1.69. The lowest BCUT2D eigenvalue weighted by Gasteiger charge is -2.37. The van der Waals surface area contributed by atoms with Crippen LogP contribution in [0.25, 0.3) is 0 Å². The fourth-order valence-electron chi connectivity index (χ4n) is 3.28. The van der Waals surface area contributed by atoms with E-state index in [-0.39, 0.29) is 0 Å². The van der Waals surface area contributed by atoms with Gasteiger partial charge < -0.3 is 14.7 Å². The van der Waals surface area contributed by atoms with Crippen molar-refractivity contribution in [3.8, 4) is 5.75 Å². The van der Waals surface area contributed by atoms with Crippen molar-refractivity contribution in [2.45, 2.75) is 24.3 Å². The van der Waals surface area contributed by atoms with Crippen LogP contribution in [0.1, 0.15) is 13.3 Å². The third-order valence-electron chi connectivity index (χ3n) is 4.69. The topological polar surface area (TPSA) is 35.9 Å².